The van der Waals surface area contributed by atoms with Crippen molar-refractivity contribution in [3.8, 4) is 0 Å². The minimum Gasteiger partial charge on any atom is -0.336 e. The largest absolute Gasteiger partial charge is 0.336 e. The summed E-state index contributed by atoms with van der Waals surface area (Å²) in [5.41, 5.74) is 0. The van der Waals surface area contributed by atoms with E-state index in [1.807, 2.05) is 27.3 Å². The Bertz CT molecular complexity index is 540. The number of nitrogens with one attached hydrogen (secondary N) is 1. The minimum absolute atomic E-state index is 0.00600. The molecule has 2 aliphatic heterocycles. The van der Waals surface area contributed by atoms with E-state index in [9.17, 15) is 9.59 Å². The molecule has 6 nitrogen and oxygen atoms in total. The zero-order chi connectivity index (χ0) is 16.2. The van der Waals surface area contributed by atoms with Crippen LogP contribution in [0, 0.1) is 0 Å². The molecule has 2 saturated heterocycles. The first-order valence-electron chi connectivity index (χ1n) is 8.21. The van der Waals surface area contributed by atoms with Crippen molar-refractivity contribution in [2.75, 3.05) is 46.3 Å². The molecule has 0 aliphatic carbocycles. The van der Waals surface area contributed by atoms with Gasteiger partial charge >= 0.3 is 6.03 Å². The van der Waals surface area contributed by atoms with Crippen molar-refractivity contribution in [3.05, 3.63) is 22.4 Å². The number of carbonyl (C=O) groups is 2. The van der Waals surface area contributed by atoms with Gasteiger partial charge in [-0.15, -0.1) is 11.3 Å². The van der Waals surface area contributed by atoms with Crippen LogP contribution in [0.5, 0.6) is 0 Å². The third-order valence-electron chi connectivity index (χ3n) is 4.75. The standard InChI is InChI=1S/C16H24N4O2S/c1-18-6-2-4-13(18)12-17-16(22)20-9-7-19(8-10-20)15(21)14-5-3-11-23-14/h3,5,11,13H,2,4,6-10,12H2,1H3,(H,17,22). The molecule has 126 valence electrons. The molecular formula is C16H24N4O2S. The van der Waals surface area contributed by atoms with Crippen LogP contribution in [0.15, 0.2) is 17.5 Å². The van der Waals surface area contributed by atoms with Crippen molar-refractivity contribution < 1.29 is 9.59 Å². The summed E-state index contributed by atoms with van der Waals surface area (Å²) in [4.78, 5) is 31.3. The summed E-state index contributed by atoms with van der Waals surface area (Å²) < 4.78 is 0. The smallest absolute Gasteiger partial charge is 0.317 e. The van der Waals surface area contributed by atoms with Crippen molar-refractivity contribution in [1.82, 2.24) is 20.0 Å². The van der Waals surface area contributed by atoms with E-state index < -0.39 is 0 Å². The number of rotatable bonds is 3. The van der Waals surface area contributed by atoms with Gasteiger partial charge in [0.25, 0.3) is 5.91 Å². The van der Waals surface area contributed by atoms with E-state index in [1.165, 1.54) is 17.8 Å². The number of piperazine rings is 1. The molecule has 1 aromatic rings. The summed E-state index contributed by atoms with van der Waals surface area (Å²) in [7, 11) is 2.11. The SMILES string of the molecule is CN1CCCC1CNC(=O)N1CCN(C(=O)c2cccs2)CC1. The third-order valence-corrected chi connectivity index (χ3v) is 5.60. The Morgan fingerprint density at radius 2 is 1.96 bits per heavy atom. The number of urea groups is 1. The Hall–Kier alpha value is -1.60. The van der Waals surface area contributed by atoms with Gasteiger partial charge in [0.15, 0.2) is 0 Å². The number of amides is 3. The minimum atomic E-state index is -0.00600. The maximum atomic E-state index is 12.3. The lowest BCUT2D eigenvalue weighted by Gasteiger charge is -2.35. The molecule has 1 N–H and O–H groups in total. The summed E-state index contributed by atoms with van der Waals surface area (Å²) in [6.07, 6.45) is 2.36. The molecule has 3 rings (SSSR count). The zero-order valence-corrected chi connectivity index (χ0v) is 14.3. The fourth-order valence-corrected chi connectivity index (χ4v) is 3.91. The molecule has 0 saturated carbocycles. The second-order valence-corrected chi connectivity index (χ2v) is 7.17. The first-order valence-corrected chi connectivity index (χ1v) is 9.09. The second kappa shape index (κ2) is 7.31. The van der Waals surface area contributed by atoms with Crippen molar-refractivity contribution in [1.29, 1.82) is 0 Å². The molecule has 0 aromatic carbocycles. The van der Waals surface area contributed by atoms with Crippen LogP contribution in [0.1, 0.15) is 22.5 Å². The summed E-state index contributed by atoms with van der Waals surface area (Å²) in [5.74, 6) is 0.0765. The Balaban J connectivity index is 1.43. The average Bonchev–Trinajstić information content (AvgIpc) is 3.24. The van der Waals surface area contributed by atoms with Crippen LogP contribution in [0.2, 0.25) is 0 Å². The van der Waals surface area contributed by atoms with Crippen molar-refractivity contribution in [3.63, 3.8) is 0 Å². The highest BCUT2D eigenvalue weighted by molar-refractivity contribution is 7.12. The third kappa shape index (κ3) is 3.84. The van der Waals surface area contributed by atoms with Gasteiger partial charge in [0.2, 0.25) is 0 Å². The lowest BCUT2D eigenvalue weighted by Crippen LogP contribution is -2.54. The highest BCUT2D eigenvalue weighted by Gasteiger charge is 2.26. The Kier molecular flexibility index (Phi) is 5.17. The van der Waals surface area contributed by atoms with Gasteiger partial charge in [-0.25, -0.2) is 4.79 Å². The highest BCUT2D eigenvalue weighted by Crippen LogP contribution is 2.15. The number of thiophene rings is 1. The van der Waals surface area contributed by atoms with Crippen LogP contribution >= 0.6 is 11.3 Å². The molecule has 0 spiro atoms. The molecule has 3 amide bonds. The van der Waals surface area contributed by atoms with E-state index in [0.717, 1.165) is 17.8 Å². The highest BCUT2D eigenvalue weighted by atomic mass is 32.1. The second-order valence-electron chi connectivity index (χ2n) is 6.22. The van der Waals surface area contributed by atoms with Gasteiger partial charge in [-0.1, -0.05) is 6.07 Å². The summed E-state index contributed by atoms with van der Waals surface area (Å²) in [5, 5.41) is 4.95. The summed E-state index contributed by atoms with van der Waals surface area (Å²) in [6, 6.07) is 4.19. The van der Waals surface area contributed by atoms with Crippen molar-refractivity contribution >= 4 is 23.3 Å². The van der Waals surface area contributed by atoms with Crippen LogP contribution in [-0.2, 0) is 0 Å². The molecule has 0 radical (unpaired) electrons. The fourth-order valence-electron chi connectivity index (χ4n) is 3.22. The number of likely N-dealkylation sites (N-methyl/N-ethyl adjacent to an activating group) is 1. The fraction of sp³-hybridized carbons (Fsp3) is 0.625. The number of nitrogens with zero attached hydrogens (tertiary/aromatic N) is 3. The van der Waals surface area contributed by atoms with E-state index in [4.69, 9.17) is 0 Å². The van der Waals surface area contributed by atoms with Crippen molar-refractivity contribution in [2.45, 2.75) is 18.9 Å². The van der Waals surface area contributed by atoms with Crippen LogP contribution in [0.3, 0.4) is 0 Å². The molecule has 2 fully saturated rings. The van der Waals surface area contributed by atoms with E-state index in [0.29, 0.717) is 38.8 Å². The molecule has 1 aromatic heterocycles. The van der Waals surface area contributed by atoms with Crippen LogP contribution in [0.25, 0.3) is 0 Å². The van der Waals surface area contributed by atoms with Crippen molar-refractivity contribution in [2.24, 2.45) is 0 Å². The Morgan fingerprint density at radius 3 is 2.57 bits per heavy atom. The van der Waals surface area contributed by atoms with Gasteiger partial charge in [-0.05, 0) is 37.9 Å². The maximum absolute atomic E-state index is 12.3. The predicted octanol–water partition coefficient (Wildman–Crippen LogP) is 1.31. The van der Waals surface area contributed by atoms with Gasteiger partial charge in [0.05, 0.1) is 4.88 Å². The lowest BCUT2D eigenvalue weighted by molar-refractivity contribution is 0.0669. The van der Waals surface area contributed by atoms with Crippen LogP contribution in [0.4, 0.5) is 4.79 Å². The Labute approximate surface area is 141 Å². The van der Waals surface area contributed by atoms with Crippen LogP contribution < -0.4 is 5.32 Å². The van der Waals surface area contributed by atoms with Crippen LogP contribution in [-0.4, -0.2) is 79.0 Å². The predicted molar refractivity (Wildman–Crippen MR) is 90.8 cm³/mol. The summed E-state index contributed by atoms with van der Waals surface area (Å²) >= 11 is 1.47. The molecule has 0 bridgehead atoms. The first-order chi connectivity index (χ1) is 11.1. The molecule has 7 heteroatoms. The quantitative estimate of drug-likeness (QED) is 0.905. The van der Waals surface area contributed by atoms with E-state index in [-0.39, 0.29) is 11.9 Å². The van der Waals surface area contributed by atoms with Gasteiger partial charge in [-0.2, -0.15) is 0 Å². The number of likely N-dealkylation sites (tertiary alicyclic amines) is 1. The average molecular weight is 336 g/mol. The summed E-state index contributed by atoms with van der Waals surface area (Å²) in [6.45, 7) is 4.24. The Morgan fingerprint density at radius 1 is 1.22 bits per heavy atom. The zero-order valence-electron chi connectivity index (χ0n) is 13.5. The number of hydrogen-bond donors (Lipinski definition) is 1. The molecule has 1 atom stereocenters. The lowest BCUT2D eigenvalue weighted by atomic mass is 10.2. The van der Waals surface area contributed by atoms with Gasteiger partial charge in [0, 0.05) is 38.8 Å². The molecule has 3 heterocycles. The molecule has 2 aliphatic rings. The van der Waals surface area contributed by atoms with E-state index in [2.05, 4.69) is 17.3 Å². The normalized spacial score (nSPS) is 22.4. The van der Waals surface area contributed by atoms with Gasteiger partial charge in [0.1, 0.15) is 0 Å². The van der Waals surface area contributed by atoms with E-state index in [1.54, 1.807) is 0 Å². The van der Waals surface area contributed by atoms with Gasteiger partial charge < -0.3 is 20.0 Å². The molecule has 1 unspecified atom stereocenters. The molecule has 23 heavy (non-hydrogen) atoms. The van der Waals surface area contributed by atoms with Gasteiger partial charge in [-0.3, -0.25) is 4.79 Å². The molecular weight excluding hydrogens is 312 g/mol. The monoisotopic (exact) mass is 336 g/mol. The number of carbonyl (C=O) groups excluding carboxylic acids is 2. The maximum Gasteiger partial charge on any atom is 0.317 e. The number of hydrogen-bond acceptors (Lipinski definition) is 4. The van der Waals surface area contributed by atoms with E-state index >= 15 is 0 Å². The topological polar surface area (TPSA) is 55.9 Å². The first kappa shape index (κ1) is 16.3.